The number of aromatic nitrogens is 4. The van der Waals surface area contributed by atoms with Crippen molar-refractivity contribution in [2.75, 3.05) is 0 Å². The monoisotopic (exact) mass is 296 g/mol. The van der Waals surface area contributed by atoms with Crippen LogP contribution in [0.5, 0.6) is 0 Å². The molecule has 3 rings (SSSR count). The van der Waals surface area contributed by atoms with Crippen molar-refractivity contribution in [2.24, 2.45) is 0 Å². The highest BCUT2D eigenvalue weighted by molar-refractivity contribution is 7.99. The van der Waals surface area contributed by atoms with Gasteiger partial charge in [-0.25, -0.2) is 0 Å². The third-order valence-electron chi connectivity index (χ3n) is 2.21. The van der Waals surface area contributed by atoms with Gasteiger partial charge in [-0.2, -0.15) is 19.6 Å². The highest BCUT2D eigenvalue weighted by Gasteiger charge is 2.08. The van der Waals surface area contributed by atoms with Crippen molar-refractivity contribution in [2.45, 2.75) is 9.92 Å². The van der Waals surface area contributed by atoms with Crippen LogP contribution in [0.2, 0.25) is 10.2 Å². The highest BCUT2D eigenvalue weighted by atomic mass is 35.5. The van der Waals surface area contributed by atoms with Crippen LogP contribution in [0.4, 0.5) is 0 Å². The van der Waals surface area contributed by atoms with Gasteiger partial charge >= 0.3 is 0 Å². The third kappa shape index (κ3) is 2.29. The molecule has 0 N–H and O–H groups in total. The number of fused-ring (bicyclic) bond motifs is 1. The molecule has 0 atom stereocenters. The molecule has 7 heteroatoms. The molecule has 0 radical (unpaired) electrons. The van der Waals surface area contributed by atoms with E-state index in [1.165, 1.54) is 18.1 Å². The van der Waals surface area contributed by atoms with Crippen LogP contribution in [0.15, 0.2) is 46.6 Å². The maximum atomic E-state index is 5.95. The van der Waals surface area contributed by atoms with E-state index in [4.69, 9.17) is 23.2 Å². The minimum atomic E-state index is 0.389. The fourth-order valence-corrected chi connectivity index (χ4v) is 2.94. The Balaban J connectivity index is 2.06. The summed E-state index contributed by atoms with van der Waals surface area (Å²) in [5.74, 6) is 0.479. The standard InChI is InChI=1S/C11H6Cl2N4S/c12-7-2-1-3-8(4-7)18-10-5-9(13)16-11-14-6-15-17(10)11/h1-6H. The van der Waals surface area contributed by atoms with Gasteiger partial charge in [0.05, 0.1) is 0 Å². The van der Waals surface area contributed by atoms with Gasteiger partial charge in [0.1, 0.15) is 16.5 Å². The van der Waals surface area contributed by atoms with Gasteiger partial charge < -0.3 is 0 Å². The van der Waals surface area contributed by atoms with E-state index in [0.717, 1.165) is 9.92 Å². The van der Waals surface area contributed by atoms with Gasteiger partial charge in [0.15, 0.2) is 0 Å². The number of nitrogens with zero attached hydrogens (tertiary/aromatic N) is 4. The molecule has 90 valence electrons. The van der Waals surface area contributed by atoms with Crippen LogP contribution < -0.4 is 0 Å². The van der Waals surface area contributed by atoms with Crippen molar-refractivity contribution in [1.29, 1.82) is 0 Å². The van der Waals surface area contributed by atoms with Crippen molar-refractivity contribution < 1.29 is 0 Å². The van der Waals surface area contributed by atoms with Gasteiger partial charge in [-0.1, -0.05) is 41.0 Å². The highest BCUT2D eigenvalue weighted by Crippen LogP contribution is 2.30. The van der Waals surface area contributed by atoms with Crippen LogP contribution in [-0.4, -0.2) is 19.6 Å². The van der Waals surface area contributed by atoms with E-state index in [9.17, 15) is 0 Å². The van der Waals surface area contributed by atoms with E-state index in [1.807, 2.05) is 24.3 Å². The molecule has 3 aromatic rings. The maximum absolute atomic E-state index is 5.95. The molecule has 4 nitrogen and oxygen atoms in total. The Hall–Kier alpha value is -1.30. The SMILES string of the molecule is Clc1cccc(Sc2cc(Cl)nc3ncnn23)c1. The van der Waals surface area contributed by atoms with Crippen LogP contribution in [0.25, 0.3) is 5.78 Å². The van der Waals surface area contributed by atoms with E-state index in [0.29, 0.717) is 16.0 Å². The van der Waals surface area contributed by atoms with Crippen LogP contribution in [0.3, 0.4) is 0 Å². The van der Waals surface area contributed by atoms with E-state index in [1.54, 1.807) is 10.6 Å². The lowest BCUT2D eigenvalue weighted by atomic mass is 10.4. The summed E-state index contributed by atoms with van der Waals surface area (Å²) in [5, 5.41) is 6.03. The van der Waals surface area contributed by atoms with Crippen LogP contribution in [-0.2, 0) is 0 Å². The Morgan fingerprint density at radius 1 is 1.17 bits per heavy atom. The summed E-state index contributed by atoms with van der Waals surface area (Å²) in [4.78, 5) is 9.09. The summed E-state index contributed by atoms with van der Waals surface area (Å²) in [5.41, 5.74) is 0. The second-order valence-electron chi connectivity index (χ2n) is 3.45. The summed E-state index contributed by atoms with van der Waals surface area (Å²) in [7, 11) is 0. The average molecular weight is 297 g/mol. The summed E-state index contributed by atoms with van der Waals surface area (Å²) in [6, 6.07) is 9.31. The average Bonchev–Trinajstić information content (AvgIpc) is 2.77. The van der Waals surface area contributed by atoms with E-state index in [-0.39, 0.29) is 0 Å². The quantitative estimate of drug-likeness (QED) is 0.678. The van der Waals surface area contributed by atoms with E-state index >= 15 is 0 Å². The molecule has 2 heterocycles. The molecule has 0 saturated carbocycles. The second kappa shape index (κ2) is 4.76. The van der Waals surface area contributed by atoms with Crippen molar-refractivity contribution >= 4 is 40.7 Å². The van der Waals surface area contributed by atoms with E-state index in [2.05, 4.69) is 15.1 Å². The molecule has 0 aliphatic heterocycles. The fourth-order valence-electron chi connectivity index (χ4n) is 1.48. The Morgan fingerprint density at radius 3 is 2.89 bits per heavy atom. The first-order valence-corrected chi connectivity index (χ1v) is 6.59. The van der Waals surface area contributed by atoms with Crippen molar-refractivity contribution in [3.05, 3.63) is 46.8 Å². The third-order valence-corrected chi connectivity index (χ3v) is 3.62. The molecule has 0 aliphatic carbocycles. The van der Waals surface area contributed by atoms with Gasteiger partial charge in [-0.3, -0.25) is 0 Å². The van der Waals surface area contributed by atoms with Gasteiger partial charge in [0.2, 0.25) is 0 Å². The molecular weight excluding hydrogens is 291 g/mol. The Labute approximate surface area is 117 Å². The molecule has 1 aromatic carbocycles. The number of rotatable bonds is 2. The molecule has 0 unspecified atom stereocenters. The van der Waals surface area contributed by atoms with Gasteiger partial charge in [0.25, 0.3) is 5.78 Å². The number of halogens is 2. The smallest absolute Gasteiger partial charge is 0.199 e. The Kier molecular flexibility index (Phi) is 3.11. The second-order valence-corrected chi connectivity index (χ2v) is 5.37. The Bertz CT molecular complexity index is 713. The van der Waals surface area contributed by atoms with Crippen molar-refractivity contribution in [3.63, 3.8) is 0 Å². The lowest BCUT2D eigenvalue weighted by molar-refractivity contribution is 0.842. The first-order chi connectivity index (χ1) is 8.72. The summed E-state index contributed by atoms with van der Waals surface area (Å²) >= 11 is 13.4. The van der Waals surface area contributed by atoms with Gasteiger partial charge in [0, 0.05) is 16.0 Å². The van der Waals surface area contributed by atoms with Crippen LogP contribution in [0.1, 0.15) is 0 Å². The molecule has 0 spiro atoms. The molecule has 0 aliphatic rings. The zero-order valence-electron chi connectivity index (χ0n) is 8.92. The molecular formula is C11H6Cl2N4S. The largest absolute Gasteiger partial charge is 0.254 e. The minimum Gasteiger partial charge on any atom is -0.199 e. The normalized spacial score (nSPS) is 11.0. The molecule has 0 fully saturated rings. The van der Waals surface area contributed by atoms with Crippen LogP contribution >= 0.6 is 35.0 Å². The molecule has 0 amide bonds. The molecule has 0 saturated heterocycles. The van der Waals surface area contributed by atoms with Crippen molar-refractivity contribution in [3.8, 4) is 0 Å². The zero-order valence-corrected chi connectivity index (χ0v) is 11.2. The lowest BCUT2D eigenvalue weighted by Gasteiger charge is -2.04. The first kappa shape index (κ1) is 11.8. The first-order valence-electron chi connectivity index (χ1n) is 5.02. The maximum Gasteiger partial charge on any atom is 0.254 e. The minimum absolute atomic E-state index is 0.389. The number of hydrogen-bond donors (Lipinski definition) is 0. The predicted octanol–water partition coefficient (Wildman–Crippen LogP) is 3.58. The Morgan fingerprint density at radius 2 is 2.06 bits per heavy atom. The summed E-state index contributed by atoms with van der Waals surface area (Å²) in [6.45, 7) is 0. The molecule has 18 heavy (non-hydrogen) atoms. The molecule has 2 aromatic heterocycles. The summed E-state index contributed by atoms with van der Waals surface area (Å²) in [6.07, 6.45) is 1.45. The number of benzene rings is 1. The van der Waals surface area contributed by atoms with E-state index < -0.39 is 0 Å². The number of hydrogen-bond acceptors (Lipinski definition) is 4. The van der Waals surface area contributed by atoms with Gasteiger partial charge in [-0.15, -0.1) is 0 Å². The summed E-state index contributed by atoms with van der Waals surface area (Å²) < 4.78 is 1.64. The lowest BCUT2D eigenvalue weighted by Crippen LogP contribution is -1.95. The fraction of sp³-hybridized carbons (Fsp3) is 0. The molecule has 0 bridgehead atoms. The van der Waals surface area contributed by atoms with Gasteiger partial charge in [-0.05, 0) is 18.2 Å². The van der Waals surface area contributed by atoms with Crippen molar-refractivity contribution in [1.82, 2.24) is 19.6 Å². The zero-order chi connectivity index (χ0) is 12.5. The predicted molar refractivity (Wildman–Crippen MR) is 71.4 cm³/mol. The topological polar surface area (TPSA) is 43.1 Å². The van der Waals surface area contributed by atoms with Crippen LogP contribution in [0, 0.1) is 0 Å².